The Morgan fingerprint density at radius 2 is 2.19 bits per heavy atom. The van der Waals surface area contributed by atoms with E-state index < -0.39 is 5.60 Å². The number of aliphatic hydroxyl groups is 1. The summed E-state index contributed by atoms with van der Waals surface area (Å²) in [6.45, 7) is 5.92. The number of aryl methyl sites for hydroxylation is 2. The third-order valence-corrected chi connectivity index (χ3v) is 5.79. The number of fused-ring (bicyclic) bond motifs is 3. The van der Waals surface area contributed by atoms with Gasteiger partial charge in [-0.2, -0.15) is 0 Å². The zero-order chi connectivity index (χ0) is 18.3. The molecule has 2 N–H and O–H groups in total. The first-order valence-electron chi connectivity index (χ1n) is 9.39. The molecule has 2 aromatic heterocycles. The second kappa shape index (κ2) is 6.53. The van der Waals surface area contributed by atoms with Crippen molar-refractivity contribution >= 4 is 10.9 Å². The number of nitrogens with one attached hydrogen (secondary N) is 1. The number of aromatic nitrogens is 2. The van der Waals surface area contributed by atoms with Crippen LogP contribution < -0.4 is 5.32 Å². The van der Waals surface area contributed by atoms with Crippen LogP contribution in [0.2, 0.25) is 0 Å². The van der Waals surface area contributed by atoms with E-state index >= 15 is 0 Å². The average molecular weight is 349 g/mol. The molecule has 0 saturated heterocycles. The third-order valence-electron chi connectivity index (χ3n) is 5.79. The molecule has 2 unspecified atom stereocenters. The van der Waals surface area contributed by atoms with Crippen LogP contribution in [-0.2, 0) is 19.2 Å². The normalized spacial score (nSPS) is 19.8. The maximum Gasteiger partial charge on any atom is 0.0889 e. The highest BCUT2D eigenvalue weighted by Crippen LogP contribution is 2.40. The summed E-state index contributed by atoms with van der Waals surface area (Å²) >= 11 is 0. The van der Waals surface area contributed by atoms with E-state index in [1.165, 1.54) is 27.7 Å². The quantitative estimate of drug-likeness (QED) is 0.757. The monoisotopic (exact) mass is 349 g/mol. The molecule has 2 atom stereocenters. The molecule has 3 heterocycles. The topological polar surface area (TPSA) is 50.1 Å². The summed E-state index contributed by atoms with van der Waals surface area (Å²) in [5, 5.41) is 16.1. The highest BCUT2D eigenvalue weighted by atomic mass is 16.3. The van der Waals surface area contributed by atoms with Crippen LogP contribution in [0, 0.1) is 6.92 Å². The summed E-state index contributed by atoms with van der Waals surface area (Å²) < 4.78 is 2.33. The van der Waals surface area contributed by atoms with E-state index in [-0.39, 0.29) is 0 Å². The predicted molar refractivity (Wildman–Crippen MR) is 105 cm³/mol. The van der Waals surface area contributed by atoms with E-state index in [1.54, 1.807) is 12.4 Å². The first-order valence-corrected chi connectivity index (χ1v) is 9.39. The van der Waals surface area contributed by atoms with Gasteiger partial charge < -0.3 is 15.0 Å². The smallest absolute Gasteiger partial charge is 0.0889 e. The molecule has 4 nitrogen and oxygen atoms in total. The van der Waals surface area contributed by atoms with Gasteiger partial charge in [0.05, 0.1) is 5.60 Å². The summed E-state index contributed by atoms with van der Waals surface area (Å²) in [6, 6.07) is 10.5. The second-order valence-corrected chi connectivity index (χ2v) is 7.83. The number of benzene rings is 1. The molecule has 0 amide bonds. The minimum atomic E-state index is -0.896. The molecule has 0 bridgehead atoms. The molecule has 0 saturated carbocycles. The lowest BCUT2D eigenvalue weighted by atomic mass is 9.83. The molecule has 0 spiro atoms. The van der Waals surface area contributed by atoms with Crippen LogP contribution in [0.1, 0.15) is 48.1 Å². The Morgan fingerprint density at radius 1 is 1.35 bits per heavy atom. The highest BCUT2D eigenvalue weighted by molar-refractivity contribution is 5.86. The van der Waals surface area contributed by atoms with Crippen molar-refractivity contribution in [3.8, 4) is 0 Å². The van der Waals surface area contributed by atoms with Gasteiger partial charge in [0.25, 0.3) is 0 Å². The lowest BCUT2D eigenvalue weighted by molar-refractivity contribution is 0.0382. The molecule has 4 heteroatoms. The highest BCUT2D eigenvalue weighted by Gasteiger charge is 2.32. The van der Waals surface area contributed by atoms with E-state index in [2.05, 4.69) is 47.0 Å². The molecule has 1 aliphatic heterocycles. The maximum atomic E-state index is 11.2. The van der Waals surface area contributed by atoms with E-state index in [4.69, 9.17) is 0 Å². The summed E-state index contributed by atoms with van der Waals surface area (Å²) in [5.74, 6) is 0.299. The van der Waals surface area contributed by atoms with Gasteiger partial charge in [0.1, 0.15) is 0 Å². The molecule has 26 heavy (non-hydrogen) atoms. The minimum absolute atomic E-state index is 0.299. The zero-order valence-corrected chi connectivity index (χ0v) is 15.8. The summed E-state index contributed by atoms with van der Waals surface area (Å²) in [6.07, 6.45) is 5.24. The number of hydrogen-bond acceptors (Lipinski definition) is 3. The van der Waals surface area contributed by atoms with Crippen LogP contribution in [-0.4, -0.2) is 21.2 Å². The van der Waals surface area contributed by atoms with Crippen LogP contribution >= 0.6 is 0 Å². The average Bonchev–Trinajstić information content (AvgIpc) is 2.77. The zero-order valence-electron chi connectivity index (χ0n) is 15.8. The van der Waals surface area contributed by atoms with Crippen molar-refractivity contribution < 1.29 is 5.11 Å². The molecule has 0 aliphatic carbocycles. The van der Waals surface area contributed by atoms with Crippen molar-refractivity contribution in [3.63, 3.8) is 0 Å². The van der Waals surface area contributed by atoms with Crippen molar-refractivity contribution in [1.82, 2.24) is 14.9 Å². The first-order chi connectivity index (χ1) is 12.5. The molecule has 1 aliphatic rings. The molecule has 0 radical (unpaired) electrons. The molecular formula is C22H27N3O. The standard InChI is InChI=1S/C22H27N3O/c1-15-6-7-20-18(11-15)19-14-24-10-8-16(21(19)25(20)3)12-22(2,26)17-5-4-9-23-13-17/h4-7,9,11,13,16,24,26H,8,10,12,14H2,1-3H3. The third kappa shape index (κ3) is 2.93. The Hall–Kier alpha value is -2.17. The maximum absolute atomic E-state index is 11.2. The molecule has 1 aromatic carbocycles. The molecule has 3 aromatic rings. The van der Waals surface area contributed by atoms with Gasteiger partial charge in [-0.25, -0.2) is 0 Å². The van der Waals surface area contributed by atoms with E-state index in [0.717, 1.165) is 25.1 Å². The van der Waals surface area contributed by atoms with Gasteiger partial charge in [0.15, 0.2) is 0 Å². The molecule has 0 fully saturated rings. The van der Waals surface area contributed by atoms with Crippen LogP contribution in [0.25, 0.3) is 10.9 Å². The Bertz CT molecular complexity index is 927. The number of hydrogen-bond donors (Lipinski definition) is 2. The fourth-order valence-corrected chi connectivity index (χ4v) is 4.46. The van der Waals surface area contributed by atoms with E-state index in [1.807, 2.05) is 19.1 Å². The molecule has 136 valence electrons. The van der Waals surface area contributed by atoms with Crippen molar-refractivity contribution in [2.45, 2.75) is 44.8 Å². The van der Waals surface area contributed by atoms with Gasteiger partial charge in [0.2, 0.25) is 0 Å². The Morgan fingerprint density at radius 3 is 2.96 bits per heavy atom. The minimum Gasteiger partial charge on any atom is -0.385 e. The van der Waals surface area contributed by atoms with Crippen molar-refractivity contribution in [3.05, 3.63) is 65.1 Å². The Labute approximate surface area is 154 Å². The number of pyridine rings is 1. The summed E-state index contributed by atoms with van der Waals surface area (Å²) in [7, 11) is 2.16. The molecular weight excluding hydrogens is 322 g/mol. The van der Waals surface area contributed by atoms with Gasteiger partial charge in [0, 0.05) is 54.1 Å². The van der Waals surface area contributed by atoms with Gasteiger partial charge in [-0.05, 0) is 57.0 Å². The first kappa shape index (κ1) is 17.3. The second-order valence-electron chi connectivity index (χ2n) is 7.83. The van der Waals surface area contributed by atoms with Gasteiger partial charge in [-0.15, -0.1) is 0 Å². The van der Waals surface area contributed by atoms with E-state index in [9.17, 15) is 5.11 Å². The van der Waals surface area contributed by atoms with Crippen LogP contribution in [0.15, 0.2) is 42.7 Å². The summed E-state index contributed by atoms with van der Waals surface area (Å²) in [4.78, 5) is 4.19. The van der Waals surface area contributed by atoms with Crippen LogP contribution in [0.3, 0.4) is 0 Å². The number of nitrogens with zero attached hydrogens (tertiary/aromatic N) is 2. The van der Waals surface area contributed by atoms with Crippen LogP contribution in [0.5, 0.6) is 0 Å². The van der Waals surface area contributed by atoms with Crippen molar-refractivity contribution in [2.75, 3.05) is 6.54 Å². The largest absolute Gasteiger partial charge is 0.385 e. The Kier molecular flexibility index (Phi) is 4.33. The molecule has 4 rings (SSSR count). The number of rotatable bonds is 3. The van der Waals surface area contributed by atoms with Gasteiger partial charge in [-0.3, -0.25) is 4.98 Å². The Balaban J connectivity index is 1.79. The van der Waals surface area contributed by atoms with Crippen LogP contribution in [0.4, 0.5) is 0 Å². The fraction of sp³-hybridized carbons (Fsp3) is 0.409. The predicted octanol–water partition coefficient (Wildman–Crippen LogP) is 3.76. The fourth-order valence-electron chi connectivity index (χ4n) is 4.46. The van der Waals surface area contributed by atoms with E-state index in [0.29, 0.717) is 12.3 Å². The van der Waals surface area contributed by atoms with Gasteiger partial charge in [-0.1, -0.05) is 17.7 Å². The van der Waals surface area contributed by atoms with Gasteiger partial charge >= 0.3 is 0 Å². The lowest BCUT2D eigenvalue weighted by Gasteiger charge is -2.29. The van der Waals surface area contributed by atoms with Crippen molar-refractivity contribution in [1.29, 1.82) is 0 Å². The SMILES string of the molecule is Cc1ccc2c(c1)c1c(n2C)C(CC(C)(O)c2cccnc2)CCNC1. The lowest BCUT2D eigenvalue weighted by Crippen LogP contribution is -2.26. The van der Waals surface area contributed by atoms with Crippen molar-refractivity contribution in [2.24, 2.45) is 7.05 Å². The summed E-state index contributed by atoms with van der Waals surface area (Å²) in [5.41, 5.74) is 5.29.